The van der Waals surface area contributed by atoms with Gasteiger partial charge in [0.15, 0.2) is 5.82 Å². The van der Waals surface area contributed by atoms with Gasteiger partial charge in [-0.25, -0.2) is 9.97 Å². The number of ether oxygens (including phenoxy) is 1. The second-order valence-corrected chi connectivity index (χ2v) is 12.2. The second kappa shape index (κ2) is 13.2. The van der Waals surface area contributed by atoms with Crippen molar-refractivity contribution in [3.63, 3.8) is 0 Å². The van der Waals surface area contributed by atoms with E-state index in [0.717, 1.165) is 41.9 Å². The lowest BCUT2D eigenvalue weighted by atomic mass is 10.00. The van der Waals surface area contributed by atoms with Crippen molar-refractivity contribution in [1.82, 2.24) is 30.1 Å². The lowest BCUT2D eigenvalue weighted by Crippen LogP contribution is -2.45. The SMILES string of the molecule is COc1nc(-c2cccc(-c3cccc(NC(=O)c4nc5c(n4C)CCN(C)C5)c3Cl)c2Cl)ccc1CN[C@H]1CCC(=O)NC1. The zero-order valence-corrected chi connectivity index (χ0v) is 26.9. The number of benzene rings is 2. The molecular weight excluding hydrogens is 613 g/mol. The van der Waals surface area contributed by atoms with Gasteiger partial charge in [0.05, 0.1) is 34.2 Å². The highest BCUT2D eigenvalue weighted by atomic mass is 35.5. The zero-order valence-electron chi connectivity index (χ0n) is 25.4. The van der Waals surface area contributed by atoms with Gasteiger partial charge in [0.25, 0.3) is 5.91 Å². The molecule has 45 heavy (non-hydrogen) atoms. The van der Waals surface area contributed by atoms with Crippen LogP contribution in [0.4, 0.5) is 5.69 Å². The van der Waals surface area contributed by atoms with Crippen LogP contribution in [0.25, 0.3) is 22.4 Å². The normalized spacial score (nSPS) is 16.6. The first kappa shape index (κ1) is 31.0. The third-order valence-corrected chi connectivity index (χ3v) is 9.25. The van der Waals surface area contributed by atoms with E-state index in [1.807, 2.05) is 61.1 Å². The van der Waals surface area contributed by atoms with Gasteiger partial charge < -0.3 is 30.2 Å². The number of hydrogen-bond acceptors (Lipinski definition) is 7. The standard InChI is InChI=1S/C33H35Cl2N7O3/c1-41-15-14-27-26(18-41)38-31(42(27)2)32(44)39-25-9-5-7-22(30(25)35)21-6-4-8-23(29(21)34)24-12-10-19(33(40-24)45-3)16-36-20-11-13-28(43)37-17-20/h4-10,12,20,36H,11,13-18H2,1-3H3,(H,37,43)(H,39,44)/t20-/m0/s1. The van der Waals surface area contributed by atoms with Crippen molar-refractivity contribution in [3.05, 3.63) is 81.4 Å². The largest absolute Gasteiger partial charge is 0.481 e. The van der Waals surface area contributed by atoms with Gasteiger partial charge >= 0.3 is 0 Å². The van der Waals surface area contributed by atoms with Gasteiger partial charge in [0, 0.05) is 80.1 Å². The number of rotatable bonds is 8. The summed E-state index contributed by atoms with van der Waals surface area (Å²) in [7, 11) is 5.51. The van der Waals surface area contributed by atoms with Crippen molar-refractivity contribution in [2.24, 2.45) is 7.05 Å². The van der Waals surface area contributed by atoms with E-state index in [1.165, 1.54) is 0 Å². The number of piperidine rings is 1. The summed E-state index contributed by atoms with van der Waals surface area (Å²) < 4.78 is 7.50. The number of nitrogens with zero attached hydrogens (tertiary/aromatic N) is 4. The molecule has 2 aromatic carbocycles. The Morgan fingerprint density at radius 3 is 2.53 bits per heavy atom. The van der Waals surface area contributed by atoms with Gasteiger partial charge in [-0.05, 0) is 25.6 Å². The molecule has 2 amide bonds. The van der Waals surface area contributed by atoms with Crippen LogP contribution in [-0.2, 0) is 31.4 Å². The van der Waals surface area contributed by atoms with Crippen LogP contribution in [0.5, 0.6) is 5.88 Å². The molecule has 12 heteroatoms. The summed E-state index contributed by atoms with van der Waals surface area (Å²) in [4.78, 5) is 36.4. The fraction of sp³-hybridized carbons (Fsp3) is 0.333. The van der Waals surface area contributed by atoms with E-state index < -0.39 is 0 Å². The van der Waals surface area contributed by atoms with E-state index in [2.05, 4.69) is 25.8 Å². The molecular formula is C33H35Cl2N7O3. The average molecular weight is 649 g/mol. The first-order valence-corrected chi connectivity index (χ1v) is 15.6. The van der Waals surface area contributed by atoms with E-state index in [9.17, 15) is 9.59 Å². The Bertz CT molecular complexity index is 1760. The summed E-state index contributed by atoms with van der Waals surface area (Å²) >= 11 is 13.9. The molecule has 0 unspecified atom stereocenters. The van der Waals surface area contributed by atoms with E-state index in [4.69, 9.17) is 32.9 Å². The van der Waals surface area contributed by atoms with Gasteiger partial charge in [0.2, 0.25) is 11.8 Å². The van der Waals surface area contributed by atoms with Crippen LogP contribution in [0.3, 0.4) is 0 Å². The number of carbonyl (C=O) groups excluding carboxylic acids is 2. The van der Waals surface area contributed by atoms with Gasteiger partial charge in [-0.2, -0.15) is 0 Å². The first-order chi connectivity index (χ1) is 21.7. The second-order valence-electron chi connectivity index (χ2n) is 11.4. The predicted octanol–water partition coefficient (Wildman–Crippen LogP) is 5.07. The van der Waals surface area contributed by atoms with Crippen molar-refractivity contribution >= 4 is 40.7 Å². The van der Waals surface area contributed by atoms with E-state index in [-0.39, 0.29) is 17.9 Å². The number of carbonyl (C=O) groups is 2. The third kappa shape index (κ3) is 6.41. The van der Waals surface area contributed by atoms with Crippen molar-refractivity contribution in [1.29, 1.82) is 0 Å². The molecule has 2 aliphatic rings. The Hall–Kier alpha value is -3.96. The Morgan fingerprint density at radius 2 is 1.78 bits per heavy atom. The van der Waals surface area contributed by atoms with Crippen LogP contribution in [0.2, 0.25) is 10.0 Å². The van der Waals surface area contributed by atoms with Crippen LogP contribution >= 0.6 is 23.2 Å². The number of likely N-dealkylation sites (N-methyl/N-ethyl adjacent to an activating group) is 1. The molecule has 0 radical (unpaired) electrons. The summed E-state index contributed by atoms with van der Waals surface area (Å²) in [5.74, 6) is 0.601. The average Bonchev–Trinajstić information content (AvgIpc) is 3.37. The zero-order chi connectivity index (χ0) is 31.7. The molecule has 10 nitrogen and oxygen atoms in total. The van der Waals surface area contributed by atoms with Crippen molar-refractivity contribution in [2.45, 2.75) is 38.4 Å². The lowest BCUT2D eigenvalue weighted by Gasteiger charge is -2.24. The minimum absolute atomic E-state index is 0.0874. The molecule has 6 rings (SSSR count). The van der Waals surface area contributed by atoms with Crippen molar-refractivity contribution in [2.75, 3.05) is 32.6 Å². The molecule has 1 saturated heterocycles. The van der Waals surface area contributed by atoms with Crippen LogP contribution in [-0.4, -0.2) is 64.5 Å². The monoisotopic (exact) mass is 647 g/mol. The number of anilines is 1. The number of halogens is 2. The van der Waals surface area contributed by atoms with Crippen LogP contribution in [0.1, 0.15) is 40.4 Å². The first-order valence-electron chi connectivity index (χ1n) is 14.9. The quantitative estimate of drug-likeness (QED) is 0.245. The highest BCUT2D eigenvalue weighted by molar-refractivity contribution is 6.39. The van der Waals surface area contributed by atoms with Gasteiger partial charge in [-0.15, -0.1) is 0 Å². The molecule has 1 atom stereocenters. The Labute approximate surface area is 272 Å². The Morgan fingerprint density at radius 1 is 1.02 bits per heavy atom. The fourth-order valence-electron chi connectivity index (χ4n) is 5.91. The van der Waals surface area contributed by atoms with Crippen LogP contribution < -0.4 is 20.7 Å². The smallest absolute Gasteiger partial charge is 0.291 e. The van der Waals surface area contributed by atoms with Gasteiger partial charge in [-0.3, -0.25) is 9.59 Å². The maximum Gasteiger partial charge on any atom is 0.291 e. The maximum atomic E-state index is 13.3. The fourth-order valence-corrected chi connectivity index (χ4v) is 6.51. The Balaban J connectivity index is 1.23. The number of aromatic nitrogens is 3. The molecule has 234 valence electrons. The van der Waals surface area contributed by atoms with E-state index >= 15 is 0 Å². The van der Waals surface area contributed by atoms with Gasteiger partial charge in [-0.1, -0.05) is 59.6 Å². The van der Waals surface area contributed by atoms with Crippen LogP contribution in [0, 0.1) is 0 Å². The molecule has 4 aromatic rings. The number of nitrogens with one attached hydrogen (secondary N) is 3. The summed E-state index contributed by atoms with van der Waals surface area (Å²) in [5, 5.41) is 10.2. The summed E-state index contributed by atoms with van der Waals surface area (Å²) in [6, 6.07) is 15.2. The minimum atomic E-state index is -0.326. The Kier molecular flexibility index (Phi) is 9.09. The predicted molar refractivity (Wildman–Crippen MR) is 176 cm³/mol. The molecule has 1 fully saturated rings. The van der Waals surface area contributed by atoms with Crippen molar-refractivity contribution in [3.8, 4) is 28.3 Å². The molecule has 2 aliphatic heterocycles. The topological polar surface area (TPSA) is 113 Å². The number of methoxy groups -OCH3 is 1. The van der Waals surface area contributed by atoms with Crippen molar-refractivity contribution < 1.29 is 14.3 Å². The van der Waals surface area contributed by atoms with E-state index in [1.54, 1.807) is 13.2 Å². The maximum absolute atomic E-state index is 13.3. The molecule has 0 aliphatic carbocycles. The molecule has 0 spiro atoms. The summed E-state index contributed by atoms with van der Waals surface area (Å²) in [5.41, 5.74) is 6.12. The molecule has 2 aromatic heterocycles. The number of imidazole rings is 1. The van der Waals surface area contributed by atoms with E-state index in [0.29, 0.717) is 70.3 Å². The highest BCUT2D eigenvalue weighted by Crippen LogP contribution is 2.41. The molecule has 0 saturated carbocycles. The molecule has 0 bridgehead atoms. The number of hydrogen-bond donors (Lipinski definition) is 3. The molecule has 3 N–H and O–H groups in total. The van der Waals surface area contributed by atoms with Crippen LogP contribution in [0.15, 0.2) is 48.5 Å². The summed E-state index contributed by atoms with van der Waals surface area (Å²) in [6.45, 7) is 2.79. The molecule has 4 heterocycles. The minimum Gasteiger partial charge on any atom is -0.481 e. The highest BCUT2D eigenvalue weighted by Gasteiger charge is 2.25. The number of pyridine rings is 1. The summed E-state index contributed by atoms with van der Waals surface area (Å²) in [6.07, 6.45) is 2.15. The lowest BCUT2D eigenvalue weighted by molar-refractivity contribution is -0.122. The number of amides is 2. The number of fused-ring (bicyclic) bond motifs is 1. The third-order valence-electron chi connectivity index (χ3n) is 8.44. The van der Waals surface area contributed by atoms with Gasteiger partial charge in [0.1, 0.15) is 0 Å².